The lowest BCUT2D eigenvalue weighted by molar-refractivity contribution is -0.129. The van der Waals surface area contributed by atoms with Crippen LogP contribution in [0.2, 0.25) is 0 Å². The number of carbonyl (C=O) groups excluding carboxylic acids is 1. The Balaban J connectivity index is 1.49. The fourth-order valence-electron chi connectivity index (χ4n) is 2.36. The van der Waals surface area contributed by atoms with Crippen LogP contribution in [0.4, 0.5) is 0 Å². The molecule has 7 heteroatoms. The van der Waals surface area contributed by atoms with E-state index in [-0.39, 0.29) is 5.91 Å². The molecule has 21 heavy (non-hydrogen) atoms. The van der Waals surface area contributed by atoms with Crippen LogP contribution in [0.1, 0.15) is 30.0 Å². The largest absolute Gasteiger partial charge is 0.342 e. The number of H-pyrrole nitrogens is 1. The summed E-state index contributed by atoms with van der Waals surface area (Å²) in [6, 6.07) is 4.11. The maximum Gasteiger partial charge on any atom is 0.233 e. The van der Waals surface area contributed by atoms with Gasteiger partial charge >= 0.3 is 0 Å². The van der Waals surface area contributed by atoms with Crippen LogP contribution in [-0.2, 0) is 11.2 Å². The Morgan fingerprint density at radius 2 is 2.24 bits per heavy atom. The molecule has 1 fully saturated rings. The molecule has 0 unspecified atom stereocenters. The molecule has 1 amide bonds. The van der Waals surface area contributed by atoms with E-state index >= 15 is 0 Å². The van der Waals surface area contributed by atoms with Crippen molar-refractivity contribution in [2.45, 2.75) is 30.8 Å². The second-order valence-corrected chi connectivity index (χ2v) is 7.03. The second-order valence-electron chi connectivity index (χ2n) is 5.05. The number of likely N-dealkylation sites (tertiary alicyclic amines) is 1. The van der Waals surface area contributed by atoms with Crippen molar-refractivity contribution in [2.24, 2.45) is 0 Å². The van der Waals surface area contributed by atoms with Gasteiger partial charge in [0, 0.05) is 24.4 Å². The van der Waals surface area contributed by atoms with Crippen LogP contribution < -0.4 is 0 Å². The molecule has 2 aromatic heterocycles. The van der Waals surface area contributed by atoms with Gasteiger partial charge in [0.1, 0.15) is 5.82 Å². The molecule has 1 aliphatic rings. The summed E-state index contributed by atoms with van der Waals surface area (Å²) in [5.41, 5.74) is 0. The maximum absolute atomic E-state index is 12.1. The molecule has 0 spiro atoms. The van der Waals surface area contributed by atoms with Crippen molar-refractivity contribution < 1.29 is 4.79 Å². The van der Waals surface area contributed by atoms with Gasteiger partial charge in [-0.3, -0.25) is 9.89 Å². The van der Waals surface area contributed by atoms with Crippen LogP contribution in [0.15, 0.2) is 22.7 Å². The first-order chi connectivity index (χ1) is 10.3. The highest BCUT2D eigenvalue weighted by molar-refractivity contribution is 7.99. The monoisotopic (exact) mass is 322 g/mol. The fourth-order valence-corrected chi connectivity index (χ4v) is 3.79. The number of hydrogen-bond acceptors (Lipinski definition) is 5. The lowest BCUT2D eigenvalue weighted by Gasteiger charge is -2.26. The minimum Gasteiger partial charge on any atom is -0.342 e. The first-order valence-electron chi connectivity index (χ1n) is 7.15. The van der Waals surface area contributed by atoms with E-state index in [2.05, 4.69) is 26.6 Å². The molecule has 0 atom stereocenters. The highest BCUT2D eigenvalue weighted by Gasteiger charge is 2.17. The smallest absolute Gasteiger partial charge is 0.233 e. The van der Waals surface area contributed by atoms with Crippen molar-refractivity contribution in [3.05, 3.63) is 28.2 Å². The number of nitrogens with one attached hydrogen (secondary N) is 1. The van der Waals surface area contributed by atoms with E-state index in [0.29, 0.717) is 10.9 Å². The minimum atomic E-state index is 0.198. The van der Waals surface area contributed by atoms with Gasteiger partial charge in [-0.1, -0.05) is 17.8 Å². The van der Waals surface area contributed by atoms with Crippen LogP contribution in [0.3, 0.4) is 0 Å². The van der Waals surface area contributed by atoms with E-state index in [1.807, 2.05) is 11.0 Å². The second kappa shape index (κ2) is 7.09. The lowest BCUT2D eigenvalue weighted by atomic mass is 10.1. The normalized spacial score (nSPS) is 15.3. The number of hydrogen-bond donors (Lipinski definition) is 1. The van der Waals surface area contributed by atoms with Gasteiger partial charge in [0.15, 0.2) is 0 Å². The molecule has 0 bridgehead atoms. The SMILES string of the molecule is O=C(CSc1n[nH]c(Cc2cccs2)n1)N1CCCCC1. The van der Waals surface area contributed by atoms with E-state index in [1.165, 1.54) is 23.1 Å². The van der Waals surface area contributed by atoms with Crippen LogP contribution in [-0.4, -0.2) is 44.8 Å². The number of piperidine rings is 1. The zero-order chi connectivity index (χ0) is 14.5. The van der Waals surface area contributed by atoms with E-state index in [1.54, 1.807) is 11.3 Å². The number of rotatable bonds is 5. The topological polar surface area (TPSA) is 61.9 Å². The Morgan fingerprint density at radius 1 is 1.38 bits per heavy atom. The van der Waals surface area contributed by atoms with Gasteiger partial charge < -0.3 is 4.90 Å². The number of thiophene rings is 1. The van der Waals surface area contributed by atoms with E-state index in [4.69, 9.17) is 0 Å². The predicted molar refractivity (Wildman–Crippen MR) is 84.7 cm³/mol. The van der Waals surface area contributed by atoms with E-state index in [0.717, 1.165) is 38.2 Å². The molecular formula is C14H18N4OS2. The average molecular weight is 322 g/mol. The van der Waals surface area contributed by atoms with Crippen LogP contribution >= 0.6 is 23.1 Å². The third kappa shape index (κ3) is 4.07. The van der Waals surface area contributed by atoms with E-state index in [9.17, 15) is 4.79 Å². The summed E-state index contributed by atoms with van der Waals surface area (Å²) < 4.78 is 0. The molecular weight excluding hydrogens is 304 g/mol. The van der Waals surface area contributed by atoms with Crippen molar-refractivity contribution in [3.63, 3.8) is 0 Å². The van der Waals surface area contributed by atoms with Gasteiger partial charge in [-0.15, -0.1) is 16.4 Å². The Labute approximate surface area is 132 Å². The number of aromatic nitrogens is 3. The molecule has 3 rings (SSSR count). The molecule has 3 heterocycles. The molecule has 2 aromatic rings. The molecule has 112 valence electrons. The molecule has 1 saturated heterocycles. The summed E-state index contributed by atoms with van der Waals surface area (Å²) in [5.74, 6) is 1.48. The van der Waals surface area contributed by atoms with Gasteiger partial charge in [-0.25, -0.2) is 4.98 Å². The summed E-state index contributed by atoms with van der Waals surface area (Å²) in [4.78, 5) is 19.7. The first-order valence-corrected chi connectivity index (χ1v) is 9.02. The summed E-state index contributed by atoms with van der Waals surface area (Å²) in [5, 5.41) is 9.84. The Hall–Kier alpha value is -1.34. The zero-order valence-corrected chi connectivity index (χ0v) is 13.4. The highest BCUT2D eigenvalue weighted by Crippen LogP contribution is 2.17. The Morgan fingerprint density at radius 3 is 3.00 bits per heavy atom. The van der Waals surface area contributed by atoms with Crippen molar-refractivity contribution >= 4 is 29.0 Å². The summed E-state index contributed by atoms with van der Waals surface area (Å²) >= 11 is 3.12. The zero-order valence-electron chi connectivity index (χ0n) is 11.7. The highest BCUT2D eigenvalue weighted by atomic mass is 32.2. The number of nitrogens with zero attached hydrogens (tertiary/aromatic N) is 3. The summed E-state index contributed by atoms with van der Waals surface area (Å²) in [6.07, 6.45) is 4.26. The standard InChI is InChI=1S/C14H18N4OS2/c19-13(18-6-2-1-3-7-18)10-21-14-15-12(16-17-14)9-11-5-4-8-20-11/h4-5,8H,1-3,6-7,9-10H2,(H,15,16,17). The molecule has 0 aliphatic carbocycles. The molecule has 0 aromatic carbocycles. The van der Waals surface area contributed by atoms with Crippen molar-refractivity contribution in [1.29, 1.82) is 0 Å². The van der Waals surface area contributed by atoms with Crippen molar-refractivity contribution in [1.82, 2.24) is 20.1 Å². The molecule has 1 N–H and O–H groups in total. The van der Waals surface area contributed by atoms with Crippen LogP contribution in [0, 0.1) is 0 Å². The van der Waals surface area contributed by atoms with Gasteiger partial charge in [0.25, 0.3) is 0 Å². The lowest BCUT2D eigenvalue weighted by Crippen LogP contribution is -2.36. The van der Waals surface area contributed by atoms with Gasteiger partial charge in [-0.2, -0.15) is 0 Å². The quantitative estimate of drug-likeness (QED) is 0.860. The van der Waals surface area contributed by atoms with Gasteiger partial charge in [0.05, 0.1) is 5.75 Å². The van der Waals surface area contributed by atoms with Crippen molar-refractivity contribution in [3.8, 4) is 0 Å². The third-order valence-corrected chi connectivity index (χ3v) is 5.17. The number of carbonyl (C=O) groups is 1. The maximum atomic E-state index is 12.1. The third-order valence-electron chi connectivity index (χ3n) is 3.47. The van der Waals surface area contributed by atoms with Crippen molar-refractivity contribution in [2.75, 3.05) is 18.8 Å². The molecule has 0 radical (unpaired) electrons. The first kappa shape index (κ1) is 14.6. The number of aromatic amines is 1. The summed E-state index contributed by atoms with van der Waals surface area (Å²) in [7, 11) is 0. The minimum absolute atomic E-state index is 0.198. The fraction of sp³-hybridized carbons (Fsp3) is 0.500. The number of thioether (sulfide) groups is 1. The van der Waals surface area contributed by atoms with Crippen LogP contribution in [0.25, 0.3) is 0 Å². The predicted octanol–water partition coefficient (Wildman–Crippen LogP) is 2.56. The Kier molecular flexibility index (Phi) is 4.92. The molecule has 0 saturated carbocycles. The van der Waals surface area contributed by atoms with Crippen LogP contribution in [0.5, 0.6) is 0 Å². The summed E-state index contributed by atoms with van der Waals surface area (Å²) in [6.45, 7) is 1.80. The average Bonchev–Trinajstić information content (AvgIpc) is 3.18. The molecule has 1 aliphatic heterocycles. The van der Waals surface area contributed by atoms with Gasteiger partial charge in [0.2, 0.25) is 11.1 Å². The molecule has 5 nitrogen and oxygen atoms in total. The number of amides is 1. The van der Waals surface area contributed by atoms with Gasteiger partial charge in [-0.05, 0) is 30.7 Å². The van der Waals surface area contributed by atoms with E-state index < -0.39 is 0 Å². The Bertz CT molecular complexity index is 576.